The molecule has 12 aromatic carbocycles. The van der Waals surface area contributed by atoms with Crippen LogP contribution in [0.2, 0.25) is 0 Å². The second kappa shape index (κ2) is 25.4. The molecule has 0 spiro atoms. The van der Waals surface area contributed by atoms with Gasteiger partial charge in [0.15, 0.2) is 0 Å². The lowest BCUT2D eigenvalue weighted by molar-refractivity contribution is 0.142. The number of rotatable bonds is 0. The summed E-state index contributed by atoms with van der Waals surface area (Å²) in [4.78, 5) is 0. The fourth-order valence-electron chi connectivity index (χ4n) is 15.3. The van der Waals surface area contributed by atoms with Crippen molar-refractivity contribution >= 4 is 86.2 Å². The number of hydrogen-bond donors (Lipinski definition) is 0. The van der Waals surface area contributed by atoms with Gasteiger partial charge in [-0.05, 0) is 197 Å². The molecule has 0 heterocycles. The van der Waals surface area contributed by atoms with E-state index in [1.165, 1.54) is 176 Å². The number of fused-ring (bicyclic) bond motifs is 12. The minimum atomic E-state index is 0.944. The van der Waals surface area contributed by atoms with Crippen molar-refractivity contribution in [1.29, 1.82) is 0 Å². The van der Waals surface area contributed by atoms with Gasteiger partial charge in [-0.25, -0.2) is 0 Å². The van der Waals surface area contributed by atoms with Crippen molar-refractivity contribution in [3.05, 3.63) is 278 Å². The summed E-state index contributed by atoms with van der Waals surface area (Å²) in [6.45, 7) is 0. The molecule has 12 aromatic rings. The molecule has 3 saturated carbocycles. The Morgan fingerprint density at radius 2 is 0.720 bits per heavy atom. The molecule has 82 heavy (non-hydrogen) atoms. The monoisotopic (exact) mass is 1060 g/mol. The van der Waals surface area contributed by atoms with Gasteiger partial charge in [-0.2, -0.15) is 0 Å². The third kappa shape index (κ3) is 11.8. The summed E-state index contributed by atoms with van der Waals surface area (Å²) in [5.41, 5.74) is 3.45. The molecule has 0 nitrogen and oxygen atoms in total. The van der Waals surface area contributed by atoms with Crippen molar-refractivity contribution < 1.29 is 0 Å². The van der Waals surface area contributed by atoms with Gasteiger partial charge in [-0.15, -0.1) is 0 Å². The van der Waals surface area contributed by atoms with E-state index in [4.69, 9.17) is 0 Å². The lowest BCUT2D eigenvalue weighted by Gasteiger charge is -2.43. The van der Waals surface area contributed by atoms with Gasteiger partial charge in [-0.1, -0.05) is 293 Å². The van der Waals surface area contributed by atoms with Gasteiger partial charge in [0, 0.05) is 0 Å². The number of benzene rings is 12. The molecular weight excluding hydrogens is 985 g/mol. The molecule has 0 saturated heterocycles. The number of hydrogen-bond acceptors (Lipinski definition) is 0. The molecule has 6 aliphatic carbocycles. The van der Waals surface area contributed by atoms with Crippen LogP contribution in [0, 0.1) is 35.5 Å². The Bertz CT molecular complexity index is 3870. The van der Waals surface area contributed by atoms with Gasteiger partial charge in [0.2, 0.25) is 0 Å². The van der Waals surface area contributed by atoms with Crippen LogP contribution in [0.15, 0.2) is 278 Å². The van der Waals surface area contributed by atoms with Crippen LogP contribution in [0.1, 0.15) is 89.9 Å². The van der Waals surface area contributed by atoms with Crippen LogP contribution < -0.4 is 0 Å². The SMILES string of the molecule is C1=CC2=CCC3CCCCC3C2CC1.C1=CCC2C(=C1)CCC1CCCCC12.c1cc2ccc3cccc4ccc(c1)c2c34.c1ccc2c(c1)ccc1ccccc12.c1ccc2cc3ccccc3cc2c1.c1ccc2ccccc2c1. The van der Waals surface area contributed by atoms with Crippen molar-refractivity contribution in [3.63, 3.8) is 0 Å². The Morgan fingerprint density at radius 3 is 1.23 bits per heavy atom. The normalized spacial score (nSPS) is 21.3. The highest BCUT2D eigenvalue weighted by molar-refractivity contribution is 6.22. The minimum absolute atomic E-state index is 0.944. The van der Waals surface area contributed by atoms with Crippen molar-refractivity contribution in [2.24, 2.45) is 35.5 Å². The molecule has 406 valence electrons. The van der Waals surface area contributed by atoms with E-state index in [9.17, 15) is 0 Å². The van der Waals surface area contributed by atoms with Gasteiger partial charge in [0.1, 0.15) is 0 Å². The van der Waals surface area contributed by atoms with Crippen LogP contribution in [0.5, 0.6) is 0 Å². The third-order valence-corrected chi connectivity index (χ3v) is 19.4. The quantitative estimate of drug-likeness (QED) is 0.105. The largest absolute Gasteiger partial charge is 0.0842 e. The molecular formula is C82H78. The summed E-state index contributed by atoms with van der Waals surface area (Å²) in [7, 11) is 0. The average Bonchev–Trinajstić information content (AvgIpc) is 3.45. The molecule has 6 aliphatic rings. The number of allylic oxidation sites excluding steroid dienone is 8. The fourth-order valence-corrected chi connectivity index (χ4v) is 15.3. The minimum Gasteiger partial charge on any atom is -0.0842 e. The van der Waals surface area contributed by atoms with E-state index < -0.39 is 0 Å². The molecule has 0 bridgehead atoms. The van der Waals surface area contributed by atoms with Crippen molar-refractivity contribution in [2.45, 2.75) is 89.9 Å². The maximum absolute atomic E-state index is 2.53. The Kier molecular flexibility index (Phi) is 16.5. The molecule has 3 fully saturated rings. The lowest BCUT2D eigenvalue weighted by atomic mass is 9.62. The van der Waals surface area contributed by atoms with Crippen molar-refractivity contribution in [3.8, 4) is 0 Å². The van der Waals surface area contributed by atoms with E-state index in [2.05, 4.69) is 267 Å². The smallest absolute Gasteiger partial charge is 0.00268 e. The summed E-state index contributed by atoms with van der Waals surface area (Å²) < 4.78 is 0. The van der Waals surface area contributed by atoms with E-state index in [1.807, 2.05) is 0 Å². The summed E-state index contributed by atoms with van der Waals surface area (Å²) >= 11 is 0. The highest BCUT2D eigenvalue weighted by atomic mass is 14.4. The zero-order valence-electron chi connectivity index (χ0n) is 47.8. The van der Waals surface area contributed by atoms with Crippen LogP contribution in [-0.4, -0.2) is 0 Å². The van der Waals surface area contributed by atoms with Crippen molar-refractivity contribution in [2.75, 3.05) is 0 Å². The molecule has 0 amide bonds. The Balaban J connectivity index is 0.0000000928. The first-order chi connectivity index (χ1) is 40.7. The van der Waals surface area contributed by atoms with Crippen LogP contribution in [-0.2, 0) is 0 Å². The third-order valence-electron chi connectivity index (χ3n) is 19.4. The first kappa shape index (κ1) is 53.3. The summed E-state index contributed by atoms with van der Waals surface area (Å²) in [6, 6.07) is 81.4. The van der Waals surface area contributed by atoms with E-state index in [0.29, 0.717) is 0 Å². The predicted octanol–water partition coefficient (Wildman–Crippen LogP) is 23.6. The Morgan fingerprint density at radius 1 is 0.305 bits per heavy atom. The highest BCUT2D eigenvalue weighted by Crippen LogP contribution is 2.49. The molecule has 18 rings (SSSR count). The predicted molar refractivity (Wildman–Crippen MR) is 357 cm³/mol. The topological polar surface area (TPSA) is 0 Å². The Labute approximate surface area is 486 Å². The molecule has 0 aliphatic heterocycles. The second-order valence-electron chi connectivity index (χ2n) is 24.2. The summed E-state index contributed by atoms with van der Waals surface area (Å²) in [6.07, 6.45) is 34.8. The standard InChI is InChI=1S/C16H10.2C14H20.2C14H10.C10H8/c1-3-11-7-9-13-5-2-6-14-10-8-12(4-1)15(11)16(13)14;3*1-3-7-13-11(5-1)9-10-12-6-2-4-8-14(12)13;1-2-6-12-10-14-8-4-3-7-13(14)9-11(12)5-1;1-2-6-10-8-4-3-7-9(10)5-1/h1-10H;1,5,9,12-14H,2-4,6-8,10H2;1,3,5,12-14H,2,4,6-10H2;2*1-10H;1-8H. The molecule has 6 atom stereocenters. The zero-order valence-corrected chi connectivity index (χ0v) is 47.8. The van der Waals surface area contributed by atoms with Gasteiger partial charge >= 0.3 is 0 Å². The first-order valence-corrected chi connectivity index (χ1v) is 31.2. The highest BCUT2D eigenvalue weighted by Gasteiger charge is 2.37. The summed E-state index contributed by atoms with van der Waals surface area (Å²) in [5.74, 6) is 6.11. The van der Waals surface area contributed by atoms with Crippen LogP contribution in [0.4, 0.5) is 0 Å². The fraction of sp³-hybridized carbons (Fsp3) is 0.244. The van der Waals surface area contributed by atoms with Gasteiger partial charge in [0.05, 0.1) is 0 Å². The van der Waals surface area contributed by atoms with Gasteiger partial charge in [-0.3, -0.25) is 0 Å². The molecule has 0 N–H and O–H groups in total. The zero-order chi connectivity index (χ0) is 54.9. The molecule has 0 radical (unpaired) electrons. The van der Waals surface area contributed by atoms with Gasteiger partial charge < -0.3 is 0 Å². The van der Waals surface area contributed by atoms with Crippen molar-refractivity contribution in [1.82, 2.24) is 0 Å². The van der Waals surface area contributed by atoms with E-state index in [-0.39, 0.29) is 0 Å². The van der Waals surface area contributed by atoms with Crippen LogP contribution in [0.3, 0.4) is 0 Å². The van der Waals surface area contributed by atoms with E-state index in [0.717, 1.165) is 35.5 Å². The van der Waals surface area contributed by atoms with Crippen LogP contribution >= 0.6 is 0 Å². The first-order valence-electron chi connectivity index (χ1n) is 31.2. The molecule has 0 heteroatoms. The van der Waals surface area contributed by atoms with Crippen LogP contribution in [0.25, 0.3) is 86.2 Å². The van der Waals surface area contributed by atoms with E-state index in [1.54, 1.807) is 11.1 Å². The maximum Gasteiger partial charge on any atom is -0.00268 e. The molecule has 0 aromatic heterocycles. The lowest BCUT2D eigenvalue weighted by Crippen LogP contribution is -2.32. The second-order valence-corrected chi connectivity index (χ2v) is 24.2. The van der Waals surface area contributed by atoms with Gasteiger partial charge in [0.25, 0.3) is 0 Å². The maximum atomic E-state index is 2.53. The summed E-state index contributed by atoms with van der Waals surface area (Å²) in [5, 5.41) is 21.3. The Hall–Kier alpha value is -8.06. The van der Waals surface area contributed by atoms with E-state index >= 15 is 0 Å². The average molecular weight is 1060 g/mol. The molecule has 6 unspecified atom stereocenters.